The number of amides is 1. The quantitative estimate of drug-likeness (QED) is 0.844. The maximum absolute atomic E-state index is 12.9. The van der Waals surface area contributed by atoms with Crippen LogP contribution in [0.25, 0.3) is 0 Å². The molecule has 94 valence electrons. The summed E-state index contributed by atoms with van der Waals surface area (Å²) in [6.45, 7) is 1.86. The van der Waals surface area contributed by atoms with E-state index in [2.05, 4.69) is 10.3 Å². The van der Waals surface area contributed by atoms with E-state index >= 15 is 0 Å². The molecule has 0 aliphatic rings. The summed E-state index contributed by atoms with van der Waals surface area (Å²) in [5, 5.41) is 2.77. The summed E-state index contributed by atoms with van der Waals surface area (Å²) >= 11 is 0. The standard InChI is InChI=1S/C13H13FN2O2/c1-9(7-11-3-2-6-18-11)16-13(17)10-4-5-15-12(14)8-10/h2-6,8-9H,7H2,1H3,(H,16,17)/t9-/m1/s1. The van der Waals surface area contributed by atoms with Gasteiger partial charge in [0.2, 0.25) is 5.95 Å². The highest BCUT2D eigenvalue weighted by atomic mass is 19.1. The zero-order chi connectivity index (χ0) is 13.0. The van der Waals surface area contributed by atoms with Gasteiger partial charge < -0.3 is 9.73 Å². The summed E-state index contributed by atoms with van der Waals surface area (Å²) in [6, 6.07) is 6.11. The smallest absolute Gasteiger partial charge is 0.251 e. The third kappa shape index (κ3) is 3.16. The van der Waals surface area contributed by atoms with E-state index < -0.39 is 5.95 Å². The van der Waals surface area contributed by atoms with Crippen molar-refractivity contribution in [3.8, 4) is 0 Å². The maximum atomic E-state index is 12.9. The monoisotopic (exact) mass is 248 g/mol. The summed E-state index contributed by atoms with van der Waals surface area (Å²) in [4.78, 5) is 15.2. The second kappa shape index (κ2) is 5.44. The Morgan fingerprint density at radius 2 is 2.39 bits per heavy atom. The molecule has 0 aliphatic carbocycles. The van der Waals surface area contributed by atoms with E-state index in [0.29, 0.717) is 6.42 Å². The predicted octanol–water partition coefficient (Wildman–Crippen LogP) is 2.17. The van der Waals surface area contributed by atoms with Crippen molar-refractivity contribution >= 4 is 5.91 Å². The molecule has 1 N–H and O–H groups in total. The number of pyridine rings is 1. The molecule has 0 radical (unpaired) electrons. The average Bonchev–Trinajstić information content (AvgIpc) is 2.81. The van der Waals surface area contributed by atoms with E-state index in [1.165, 1.54) is 12.3 Å². The molecular weight excluding hydrogens is 235 g/mol. The first-order chi connectivity index (χ1) is 8.65. The number of hydrogen-bond donors (Lipinski definition) is 1. The van der Waals surface area contributed by atoms with Crippen LogP contribution in [0.5, 0.6) is 0 Å². The summed E-state index contributed by atoms with van der Waals surface area (Å²) in [5.41, 5.74) is 0.258. The van der Waals surface area contributed by atoms with Gasteiger partial charge in [0.25, 0.3) is 5.91 Å². The molecule has 1 atom stereocenters. The second-order valence-corrected chi connectivity index (χ2v) is 4.03. The third-order valence-corrected chi connectivity index (χ3v) is 2.45. The molecule has 0 saturated carbocycles. The van der Waals surface area contributed by atoms with Gasteiger partial charge in [0.15, 0.2) is 0 Å². The average molecular weight is 248 g/mol. The van der Waals surface area contributed by atoms with Crippen molar-refractivity contribution in [1.82, 2.24) is 10.3 Å². The van der Waals surface area contributed by atoms with Crippen LogP contribution in [0.3, 0.4) is 0 Å². The van der Waals surface area contributed by atoms with Crippen LogP contribution in [0.4, 0.5) is 4.39 Å². The molecule has 5 heteroatoms. The van der Waals surface area contributed by atoms with Gasteiger partial charge in [-0.05, 0) is 25.1 Å². The van der Waals surface area contributed by atoms with E-state index in [0.717, 1.165) is 11.8 Å². The Balaban J connectivity index is 1.95. The minimum Gasteiger partial charge on any atom is -0.469 e. The van der Waals surface area contributed by atoms with Gasteiger partial charge in [0.1, 0.15) is 5.76 Å². The first-order valence-corrected chi connectivity index (χ1v) is 5.60. The minimum absolute atomic E-state index is 0.0973. The molecule has 0 saturated heterocycles. The van der Waals surface area contributed by atoms with Crippen LogP contribution in [0.1, 0.15) is 23.0 Å². The lowest BCUT2D eigenvalue weighted by atomic mass is 10.1. The van der Waals surface area contributed by atoms with Crippen LogP contribution in [0.15, 0.2) is 41.1 Å². The van der Waals surface area contributed by atoms with Gasteiger partial charge in [-0.2, -0.15) is 4.39 Å². The Labute approximate surface area is 104 Å². The molecule has 0 aliphatic heterocycles. The van der Waals surface area contributed by atoms with Crippen LogP contribution < -0.4 is 5.32 Å². The Kier molecular flexibility index (Phi) is 3.72. The Bertz CT molecular complexity index is 526. The molecule has 18 heavy (non-hydrogen) atoms. The Hall–Kier alpha value is -2.17. The number of halogens is 1. The number of furan rings is 1. The van der Waals surface area contributed by atoms with E-state index in [1.807, 2.05) is 13.0 Å². The molecule has 4 nitrogen and oxygen atoms in total. The van der Waals surface area contributed by atoms with Crippen molar-refractivity contribution < 1.29 is 13.6 Å². The van der Waals surface area contributed by atoms with Gasteiger partial charge in [-0.15, -0.1) is 0 Å². The van der Waals surface area contributed by atoms with Crippen LogP contribution in [0.2, 0.25) is 0 Å². The maximum Gasteiger partial charge on any atom is 0.251 e. The molecule has 0 aromatic carbocycles. The fraction of sp³-hybridized carbons (Fsp3) is 0.231. The van der Waals surface area contributed by atoms with Crippen LogP contribution in [-0.2, 0) is 6.42 Å². The van der Waals surface area contributed by atoms with Crippen molar-refractivity contribution in [3.63, 3.8) is 0 Å². The number of carbonyl (C=O) groups excluding carboxylic acids is 1. The Morgan fingerprint density at radius 1 is 1.56 bits per heavy atom. The van der Waals surface area contributed by atoms with Crippen molar-refractivity contribution in [1.29, 1.82) is 0 Å². The second-order valence-electron chi connectivity index (χ2n) is 4.03. The van der Waals surface area contributed by atoms with Crippen molar-refractivity contribution in [2.45, 2.75) is 19.4 Å². The van der Waals surface area contributed by atoms with Gasteiger partial charge in [-0.3, -0.25) is 4.79 Å². The fourth-order valence-corrected chi connectivity index (χ4v) is 1.63. The summed E-state index contributed by atoms with van der Waals surface area (Å²) in [5.74, 6) is -0.194. The zero-order valence-corrected chi connectivity index (χ0v) is 9.89. The third-order valence-electron chi connectivity index (χ3n) is 2.45. The SMILES string of the molecule is C[C@H](Cc1ccco1)NC(=O)c1ccnc(F)c1. The summed E-state index contributed by atoms with van der Waals surface area (Å²) in [6.07, 6.45) is 3.44. The van der Waals surface area contributed by atoms with E-state index in [1.54, 1.807) is 12.3 Å². The molecule has 0 spiro atoms. The van der Waals surface area contributed by atoms with Crippen molar-refractivity contribution in [2.75, 3.05) is 0 Å². The number of hydrogen-bond acceptors (Lipinski definition) is 3. The highest BCUT2D eigenvalue weighted by Gasteiger charge is 2.12. The van der Waals surface area contributed by atoms with Gasteiger partial charge in [-0.1, -0.05) is 0 Å². The predicted molar refractivity (Wildman–Crippen MR) is 63.5 cm³/mol. The van der Waals surface area contributed by atoms with Gasteiger partial charge in [0, 0.05) is 30.3 Å². The molecule has 0 fully saturated rings. The molecule has 2 aromatic heterocycles. The Morgan fingerprint density at radius 3 is 3.06 bits per heavy atom. The number of rotatable bonds is 4. The first kappa shape index (κ1) is 12.3. The van der Waals surface area contributed by atoms with Gasteiger partial charge in [-0.25, -0.2) is 4.98 Å². The number of carbonyl (C=O) groups is 1. The van der Waals surface area contributed by atoms with Crippen molar-refractivity contribution in [3.05, 3.63) is 54.0 Å². The highest BCUT2D eigenvalue weighted by molar-refractivity contribution is 5.94. The molecular formula is C13H13FN2O2. The molecule has 2 heterocycles. The lowest BCUT2D eigenvalue weighted by Gasteiger charge is -2.12. The number of nitrogens with zero attached hydrogens (tertiary/aromatic N) is 1. The van der Waals surface area contributed by atoms with Crippen LogP contribution in [-0.4, -0.2) is 16.9 Å². The molecule has 1 amide bonds. The topological polar surface area (TPSA) is 55.1 Å². The molecule has 2 rings (SSSR count). The van der Waals surface area contributed by atoms with Gasteiger partial charge >= 0.3 is 0 Å². The van der Waals surface area contributed by atoms with Crippen LogP contribution in [0, 0.1) is 5.95 Å². The summed E-state index contributed by atoms with van der Waals surface area (Å²) < 4.78 is 18.1. The molecule has 0 unspecified atom stereocenters. The van der Waals surface area contributed by atoms with Crippen LogP contribution >= 0.6 is 0 Å². The normalized spacial score (nSPS) is 12.1. The summed E-state index contributed by atoms with van der Waals surface area (Å²) in [7, 11) is 0. The first-order valence-electron chi connectivity index (χ1n) is 5.60. The largest absolute Gasteiger partial charge is 0.469 e. The van der Waals surface area contributed by atoms with E-state index in [4.69, 9.17) is 4.42 Å². The zero-order valence-electron chi connectivity index (χ0n) is 9.89. The van der Waals surface area contributed by atoms with E-state index in [9.17, 15) is 9.18 Å². The lowest BCUT2D eigenvalue weighted by molar-refractivity contribution is 0.0938. The number of nitrogens with one attached hydrogen (secondary N) is 1. The van der Waals surface area contributed by atoms with Crippen molar-refractivity contribution in [2.24, 2.45) is 0 Å². The highest BCUT2D eigenvalue weighted by Crippen LogP contribution is 2.05. The fourth-order valence-electron chi connectivity index (χ4n) is 1.63. The van der Waals surface area contributed by atoms with E-state index in [-0.39, 0.29) is 17.5 Å². The lowest BCUT2D eigenvalue weighted by Crippen LogP contribution is -2.34. The van der Waals surface area contributed by atoms with Gasteiger partial charge in [0.05, 0.1) is 6.26 Å². The number of aromatic nitrogens is 1. The molecule has 2 aromatic rings. The molecule has 0 bridgehead atoms. The minimum atomic E-state index is -0.665.